The Morgan fingerprint density at radius 1 is 1.00 bits per heavy atom. The van der Waals surface area contributed by atoms with Crippen LogP contribution in [0.1, 0.15) is 10.4 Å². The quantitative estimate of drug-likeness (QED) is 0.303. The van der Waals surface area contributed by atoms with E-state index in [1.54, 1.807) is 24.4 Å². The summed E-state index contributed by atoms with van der Waals surface area (Å²) in [5.41, 5.74) is 1.38. The molecular weight excluding hydrogens is 459 g/mol. The number of rotatable bonds is 5. The highest BCUT2D eigenvalue weighted by Gasteiger charge is 2.39. The highest BCUT2D eigenvalue weighted by Crippen LogP contribution is 2.38. The van der Waals surface area contributed by atoms with E-state index in [9.17, 15) is 18.0 Å². The summed E-state index contributed by atoms with van der Waals surface area (Å²) in [6.07, 6.45) is -3.26. The SMILES string of the molecule is Cn1c(-c2ccccn2)nc(-c2ccc(C(=O)C(F)(F)F)cc2)c1Sc1ccc(Cl)cc1. The van der Waals surface area contributed by atoms with Gasteiger partial charge in [-0.2, -0.15) is 13.2 Å². The number of halogens is 4. The lowest BCUT2D eigenvalue weighted by molar-refractivity contribution is -0.0885. The maximum absolute atomic E-state index is 12.8. The zero-order valence-electron chi connectivity index (χ0n) is 16.6. The second-order valence-corrected chi connectivity index (χ2v) is 8.32. The molecule has 2 aromatic carbocycles. The van der Waals surface area contributed by atoms with E-state index in [4.69, 9.17) is 16.6 Å². The molecule has 0 aliphatic heterocycles. The Morgan fingerprint density at radius 2 is 1.69 bits per heavy atom. The number of aromatic nitrogens is 3. The van der Waals surface area contributed by atoms with Crippen LogP contribution in [0.3, 0.4) is 0 Å². The van der Waals surface area contributed by atoms with Crippen molar-refractivity contribution in [3.63, 3.8) is 0 Å². The molecule has 0 saturated heterocycles. The maximum Gasteiger partial charge on any atom is 0.454 e. The van der Waals surface area contributed by atoms with E-state index in [-0.39, 0.29) is 0 Å². The maximum atomic E-state index is 12.8. The van der Waals surface area contributed by atoms with Crippen LogP contribution in [0.5, 0.6) is 0 Å². The molecule has 32 heavy (non-hydrogen) atoms. The van der Waals surface area contributed by atoms with Crippen LogP contribution in [0, 0.1) is 0 Å². The van der Waals surface area contributed by atoms with Crippen molar-refractivity contribution in [3.8, 4) is 22.8 Å². The lowest BCUT2D eigenvalue weighted by Gasteiger charge is -2.08. The first-order chi connectivity index (χ1) is 15.2. The van der Waals surface area contributed by atoms with Gasteiger partial charge in [0.15, 0.2) is 5.82 Å². The number of hydrogen-bond donors (Lipinski definition) is 0. The molecule has 9 heteroatoms. The van der Waals surface area contributed by atoms with Gasteiger partial charge in [-0.15, -0.1) is 0 Å². The minimum Gasteiger partial charge on any atom is -0.320 e. The Bertz CT molecular complexity index is 1250. The Morgan fingerprint density at radius 3 is 2.28 bits per heavy atom. The number of ketones is 1. The molecule has 4 nitrogen and oxygen atoms in total. The van der Waals surface area contributed by atoms with Crippen LogP contribution in [0.2, 0.25) is 5.02 Å². The van der Waals surface area contributed by atoms with E-state index < -0.39 is 17.5 Å². The standard InChI is InChI=1S/C23H15ClF3N3OS/c1-30-21(18-4-2-3-13-28-18)29-19(22(30)32-17-11-9-16(24)10-12-17)14-5-7-15(8-6-14)20(31)23(25,26)27/h2-13H,1H3. The molecule has 162 valence electrons. The van der Waals surface area contributed by atoms with Crippen molar-refractivity contribution < 1.29 is 18.0 Å². The first kappa shape index (κ1) is 22.1. The number of benzene rings is 2. The van der Waals surface area contributed by atoms with Crippen LogP contribution in [0.25, 0.3) is 22.8 Å². The van der Waals surface area contributed by atoms with Gasteiger partial charge in [-0.1, -0.05) is 53.7 Å². The predicted molar refractivity (Wildman–Crippen MR) is 118 cm³/mol. The monoisotopic (exact) mass is 473 g/mol. The number of imidazole rings is 1. The summed E-state index contributed by atoms with van der Waals surface area (Å²) in [5, 5.41) is 1.38. The van der Waals surface area contributed by atoms with Gasteiger partial charge in [0, 0.05) is 34.3 Å². The van der Waals surface area contributed by atoms with Crippen LogP contribution in [0.4, 0.5) is 13.2 Å². The lowest BCUT2D eigenvalue weighted by atomic mass is 10.1. The number of carbonyl (C=O) groups is 1. The van der Waals surface area contributed by atoms with Crippen LogP contribution in [-0.4, -0.2) is 26.5 Å². The van der Waals surface area contributed by atoms with Gasteiger partial charge in [0.05, 0.1) is 0 Å². The highest BCUT2D eigenvalue weighted by atomic mass is 35.5. The Kier molecular flexibility index (Phi) is 6.08. The van der Waals surface area contributed by atoms with Gasteiger partial charge < -0.3 is 4.57 Å². The minimum absolute atomic E-state index is 0.422. The van der Waals surface area contributed by atoms with Gasteiger partial charge in [-0.25, -0.2) is 4.98 Å². The summed E-state index contributed by atoms with van der Waals surface area (Å²) >= 11 is 7.43. The van der Waals surface area contributed by atoms with Crippen molar-refractivity contribution in [3.05, 3.63) is 83.5 Å². The van der Waals surface area contributed by atoms with Gasteiger partial charge in [0.25, 0.3) is 5.78 Å². The second-order valence-electron chi connectivity index (χ2n) is 6.82. The number of carbonyl (C=O) groups excluding carboxylic acids is 1. The fourth-order valence-electron chi connectivity index (χ4n) is 3.07. The topological polar surface area (TPSA) is 47.8 Å². The summed E-state index contributed by atoms with van der Waals surface area (Å²) in [4.78, 5) is 21.5. The van der Waals surface area contributed by atoms with Crippen molar-refractivity contribution in [2.45, 2.75) is 16.1 Å². The fourth-order valence-corrected chi connectivity index (χ4v) is 4.18. The molecule has 0 unspecified atom stereocenters. The molecule has 0 aliphatic rings. The molecule has 0 N–H and O–H groups in total. The minimum atomic E-state index is -4.92. The molecule has 0 atom stereocenters. The fraction of sp³-hybridized carbons (Fsp3) is 0.0870. The molecule has 2 aromatic heterocycles. The smallest absolute Gasteiger partial charge is 0.320 e. The lowest BCUT2D eigenvalue weighted by Crippen LogP contribution is -2.22. The first-order valence-corrected chi connectivity index (χ1v) is 10.6. The third-order valence-electron chi connectivity index (χ3n) is 4.64. The summed E-state index contributed by atoms with van der Waals surface area (Å²) in [5.74, 6) is -1.28. The molecule has 4 aromatic rings. The summed E-state index contributed by atoms with van der Waals surface area (Å²) in [6.45, 7) is 0. The number of nitrogens with zero attached hydrogens (tertiary/aromatic N) is 3. The van der Waals surface area contributed by atoms with E-state index in [0.29, 0.717) is 27.8 Å². The normalized spacial score (nSPS) is 11.5. The van der Waals surface area contributed by atoms with E-state index in [0.717, 1.165) is 22.1 Å². The van der Waals surface area contributed by atoms with Crippen molar-refractivity contribution in [2.24, 2.45) is 7.05 Å². The molecule has 0 aliphatic carbocycles. The van der Waals surface area contributed by atoms with Gasteiger partial charge in [-0.3, -0.25) is 9.78 Å². The predicted octanol–water partition coefficient (Wildman–Crippen LogP) is 6.70. The van der Waals surface area contributed by atoms with Crippen LogP contribution in [-0.2, 0) is 7.05 Å². The molecule has 0 bridgehead atoms. The van der Waals surface area contributed by atoms with Crippen LogP contribution >= 0.6 is 23.4 Å². The molecule has 4 rings (SSSR count). The van der Waals surface area contributed by atoms with E-state index in [2.05, 4.69) is 4.98 Å². The summed E-state index contributed by atoms with van der Waals surface area (Å²) in [6, 6.07) is 18.0. The largest absolute Gasteiger partial charge is 0.454 e. The van der Waals surface area contributed by atoms with E-state index >= 15 is 0 Å². The first-order valence-electron chi connectivity index (χ1n) is 9.37. The number of pyridine rings is 1. The number of Topliss-reactive ketones (excluding diaryl/α,β-unsaturated/α-hetero) is 1. The molecule has 0 fully saturated rings. The van der Waals surface area contributed by atoms with E-state index in [1.165, 1.54) is 23.9 Å². The van der Waals surface area contributed by atoms with Crippen LogP contribution < -0.4 is 0 Å². The van der Waals surface area contributed by atoms with Gasteiger partial charge in [0.1, 0.15) is 16.4 Å². The average Bonchev–Trinajstić information content (AvgIpc) is 3.11. The number of hydrogen-bond acceptors (Lipinski definition) is 4. The third kappa shape index (κ3) is 4.56. The molecular formula is C23H15ClF3N3OS. The molecule has 0 amide bonds. The molecule has 2 heterocycles. The molecule has 0 radical (unpaired) electrons. The van der Waals surface area contributed by atoms with Crippen molar-refractivity contribution in [1.29, 1.82) is 0 Å². The van der Waals surface area contributed by atoms with E-state index in [1.807, 2.05) is 35.9 Å². The molecule has 0 saturated carbocycles. The van der Waals surface area contributed by atoms with Gasteiger partial charge >= 0.3 is 6.18 Å². The highest BCUT2D eigenvalue weighted by molar-refractivity contribution is 7.99. The zero-order chi connectivity index (χ0) is 22.9. The van der Waals surface area contributed by atoms with Gasteiger partial charge in [-0.05, 0) is 36.4 Å². The Balaban J connectivity index is 1.79. The van der Waals surface area contributed by atoms with Crippen molar-refractivity contribution in [1.82, 2.24) is 14.5 Å². The molecule has 0 spiro atoms. The second kappa shape index (κ2) is 8.80. The Labute approximate surface area is 191 Å². The summed E-state index contributed by atoms with van der Waals surface area (Å²) < 4.78 is 40.1. The zero-order valence-corrected chi connectivity index (χ0v) is 18.2. The van der Waals surface area contributed by atoms with Crippen molar-refractivity contribution >= 4 is 29.1 Å². The van der Waals surface area contributed by atoms with Gasteiger partial charge in [0.2, 0.25) is 0 Å². The van der Waals surface area contributed by atoms with Crippen LogP contribution in [0.15, 0.2) is 82.8 Å². The number of alkyl halides is 3. The average molecular weight is 474 g/mol. The Hall–Kier alpha value is -3.10. The summed E-state index contributed by atoms with van der Waals surface area (Å²) in [7, 11) is 1.85. The third-order valence-corrected chi connectivity index (χ3v) is 6.06. The van der Waals surface area contributed by atoms with Crippen molar-refractivity contribution in [2.75, 3.05) is 0 Å².